The second-order valence-corrected chi connectivity index (χ2v) is 3.37. The molecule has 0 radical (unpaired) electrons. The molecule has 0 rings (SSSR count). The average molecular weight is 188 g/mol. The number of aliphatic hydroxyl groups is 1. The van der Waals surface area contributed by atoms with Gasteiger partial charge in [0.1, 0.15) is 5.16 Å². The number of halogens is 1. The van der Waals surface area contributed by atoms with E-state index in [0.29, 0.717) is 5.57 Å². The van der Waals surface area contributed by atoms with Crippen LogP contribution >= 0.6 is 11.6 Å². The fraction of sp³-hybridized carbons (Fsp3) is 0.444. The van der Waals surface area contributed by atoms with Gasteiger partial charge in [-0.25, -0.2) is 4.99 Å². The van der Waals surface area contributed by atoms with Gasteiger partial charge >= 0.3 is 0 Å². The molecule has 0 aromatic heterocycles. The van der Waals surface area contributed by atoms with Crippen molar-refractivity contribution in [3.05, 3.63) is 23.4 Å². The molecule has 2 nitrogen and oxygen atoms in total. The van der Waals surface area contributed by atoms with Crippen molar-refractivity contribution in [2.45, 2.75) is 26.4 Å². The first-order valence-corrected chi connectivity index (χ1v) is 4.03. The molecule has 0 aliphatic carbocycles. The maximum atomic E-state index is 9.56. The first-order chi connectivity index (χ1) is 5.38. The van der Waals surface area contributed by atoms with Crippen LogP contribution in [-0.4, -0.2) is 16.9 Å². The van der Waals surface area contributed by atoms with Crippen LogP contribution in [0, 0.1) is 0 Å². The highest BCUT2D eigenvalue weighted by molar-refractivity contribution is 6.29. The monoisotopic (exact) mass is 187 g/mol. The Bertz CT molecular complexity index is 223. The van der Waals surface area contributed by atoms with Gasteiger partial charge in [-0.1, -0.05) is 24.3 Å². The first-order valence-electron chi connectivity index (χ1n) is 3.65. The Hall–Kier alpha value is -0.600. The van der Waals surface area contributed by atoms with Gasteiger partial charge in [-0.05, 0) is 26.3 Å². The van der Waals surface area contributed by atoms with Crippen molar-refractivity contribution in [1.29, 1.82) is 0 Å². The van der Waals surface area contributed by atoms with E-state index in [9.17, 15) is 5.11 Å². The van der Waals surface area contributed by atoms with E-state index in [1.807, 2.05) is 6.92 Å². The van der Waals surface area contributed by atoms with E-state index in [1.165, 1.54) is 6.21 Å². The van der Waals surface area contributed by atoms with E-state index in [-0.39, 0.29) is 5.16 Å². The minimum absolute atomic E-state index is 0.207. The zero-order chi connectivity index (χ0) is 9.78. The van der Waals surface area contributed by atoms with Crippen LogP contribution in [0.4, 0.5) is 0 Å². The van der Waals surface area contributed by atoms with Gasteiger partial charge in [0, 0.05) is 6.21 Å². The van der Waals surface area contributed by atoms with Crippen LogP contribution in [0.3, 0.4) is 0 Å². The number of allylic oxidation sites excluding steroid dienone is 1. The summed E-state index contributed by atoms with van der Waals surface area (Å²) < 4.78 is 0. The molecular formula is C9H14ClNO. The molecule has 0 bridgehead atoms. The van der Waals surface area contributed by atoms with Crippen molar-refractivity contribution in [2.24, 2.45) is 4.99 Å². The topological polar surface area (TPSA) is 32.6 Å². The molecule has 0 atom stereocenters. The van der Waals surface area contributed by atoms with Crippen LogP contribution in [0.25, 0.3) is 0 Å². The number of hydrogen-bond donors (Lipinski definition) is 1. The van der Waals surface area contributed by atoms with Crippen LogP contribution in [0.15, 0.2) is 28.4 Å². The van der Waals surface area contributed by atoms with Gasteiger partial charge in [-0.3, -0.25) is 0 Å². The molecule has 0 aliphatic rings. The van der Waals surface area contributed by atoms with Crippen molar-refractivity contribution in [1.82, 2.24) is 0 Å². The number of rotatable bonds is 3. The van der Waals surface area contributed by atoms with E-state index in [2.05, 4.69) is 11.6 Å². The first kappa shape index (κ1) is 11.4. The van der Waals surface area contributed by atoms with Crippen LogP contribution in [0.2, 0.25) is 0 Å². The third kappa shape index (κ3) is 4.31. The van der Waals surface area contributed by atoms with Gasteiger partial charge in [-0.15, -0.1) is 0 Å². The summed E-state index contributed by atoms with van der Waals surface area (Å²) in [5, 5.41) is 9.77. The predicted molar refractivity (Wildman–Crippen MR) is 53.5 cm³/mol. The molecule has 0 aromatic carbocycles. The molecule has 0 amide bonds. The molecule has 1 N–H and O–H groups in total. The van der Waals surface area contributed by atoms with Gasteiger partial charge in [-0.2, -0.15) is 0 Å². The number of aliphatic imine (C=N–C) groups is 1. The quantitative estimate of drug-likeness (QED) is 0.535. The highest BCUT2D eigenvalue weighted by Crippen LogP contribution is 2.13. The predicted octanol–water partition coefficient (Wildman–Crippen LogP) is 2.48. The van der Waals surface area contributed by atoms with E-state index in [4.69, 9.17) is 11.6 Å². The van der Waals surface area contributed by atoms with Crippen molar-refractivity contribution >= 4 is 17.8 Å². The molecule has 0 fully saturated rings. The summed E-state index contributed by atoms with van der Waals surface area (Å²) >= 11 is 5.43. The molecule has 12 heavy (non-hydrogen) atoms. The molecule has 68 valence electrons. The van der Waals surface area contributed by atoms with Gasteiger partial charge < -0.3 is 5.11 Å². The smallest absolute Gasteiger partial charge is 0.121 e. The van der Waals surface area contributed by atoms with Crippen LogP contribution in [0.1, 0.15) is 20.8 Å². The van der Waals surface area contributed by atoms with Crippen molar-refractivity contribution in [2.75, 3.05) is 0 Å². The third-order valence-electron chi connectivity index (χ3n) is 1.36. The minimum Gasteiger partial charge on any atom is -0.386 e. The lowest BCUT2D eigenvalue weighted by Crippen LogP contribution is -2.22. The summed E-state index contributed by atoms with van der Waals surface area (Å²) in [6, 6.07) is 0. The van der Waals surface area contributed by atoms with Gasteiger partial charge in [0.15, 0.2) is 0 Å². The fourth-order valence-electron chi connectivity index (χ4n) is 0.725. The lowest BCUT2D eigenvalue weighted by molar-refractivity contribution is 0.126. The van der Waals surface area contributed by atoms with Crippen LogP contribution in [0.5, 0.6) is 0 Å². The van der Waals surface area contributed by atoms with E-state index in [1.54, 1.807) is 19.9 Å². The SMILES string of the molecule is C=C(Cl)N=C/C(=C\C)C(C)(C)O. The van der Waals surface area contributed by atoms with Crippen LogP contribution < -0.4 is 0 Å². The standard InChI is InChI=1S/C9H14ClNO/c1-5-8(9(3,4)12)6-11-7(2)10/h5-6,12H,2H2,1,3-4H3/b8-5+,11-6?. The Morgan fingerprint density at radius 2 is 2.08 bits per heavy atom. The van der Waals surface area contributed by atoms with Crippen molar-refractivity contribution in [3.8, 4) is 0 Å². The molecule has 0 saturated carbocycles. The van der Waals surface area contributed by atoms with E-state index in [0.717, 1.165) is 0 Å². The number of hydrogen-bond acceptors (Lipinski definition) is 2. The zero-order valence-electron chi connectivity index (χ0n) is 7.63. The summed E-state index contributed by atoms with van der Waals surface area (Å²) in [7, 11) is 0. The Kier molecular flexibility index (Phi) is 4.21. The van der Waals surface area contributed by atoms with E-state index >= 15 is 0 Å². The minimum atomic E-state index is -0.884. The molecule has 0 heterocycles. The maximum absolute atomic E-state index is 9.56. The molecule has 3 heteroatoms. The second kappa shape index (κ2) is 4.43. The summed E-state index contributed by atoms with van der Waals surface area (Å²) in [6.07, 6.45) is 3.29. The zero-order valence-corrected chi connectivity index (χ0v) is 8.39. The summed E-state index contributed by atoms with van der Waals surface area (Å²) in [6.45, 7) is 8.60. The van der Waals surface area contributed by atoms with E-state index < -0.39 is 5.60 Å². The molecule has 0 saturated heterocycles. The average Bonchev–Trinajstić information content (AvgIpc) is 1.85. The van der Waals surface area contributed by atoms with Gasteiger partial charge in [0.05, 0.1) is 5.60 Å². The molecule has 0 spiro atoms. The maximum Gasteiger partial charge on any atom is 0.121 e. The van der Waals surface area contributed by atoms with Gasteiger partial charge in [0.2, 0.25) is 0 Å². The third-order valence-corrected chi connectivity index (χ3v) is 1.46. The number of nitrogens with zero attached hydrogens (tertiary/aromatic N) is 1. The highest BCUT2D eigenvalue weighted by Gasteiger charge is 2.16. The molecular weight excluding hydrogens is 174 g/mol. The lowest BCUT2D eigenvalue weighted by Gasteiger charge is -2.17. The molecule has 0 unspecified atom stereocenters. The van der Waals surface area contributed by atoms with Gasteiger partial charge in [0.25, 0.3) is 0 Å². The Labute approximate surface area is 78.3 Å². The Balaban J connectivity index is 4.53. The summed E-state index contributed by atoms with van der Waals surface area (Å²) in [5.74, 6) is 0. The summed E-state index contributed by atoms with van der Waals surface area (Å²) in [4.78, 5) is 3.78. The lowest BCUT2D eigenvalue weighted by atomic mass is 9.99. The fourth-order valence-corrected chi connectivity index (χ4v) is 0.774. The normalized spacial score (nSPS) is 13.9. The second-order valence-electron chi connectivity index (χ2n) is 2.94. The Morgan fingerprint density at radius 1 is 1.58 bits per heavy atom. The molecule has 0 aliphatic heterocycles. The van der Waals surface area contributed by atoms with Crippen molar-refractivity contribution < 1.29 is 5.11 Å². The highest BCUT2D eigenvalue weighted by atomic mass is 35.5. The summed E-state index contributed by atoms with van der Waals surface area (Å²) in [5.41, 5.74) is -0.172. The largest absolute Gasteiger partial charge is 0.386 e. The van der Waals surface area contributed by atoms with Crippen molar-refractivity contribution in [3.63, 3.8) is 0 Å². The van der Waals surface area contributed by atoms with Crippen LogP contribution in [-0.2, 0) is 0 Å². The molecule has 0 aromatic rings. The Morgan fingerprint density at radius 3 is 2.33 bits per heavy atom.